The first-order valence-corrected chi connectivity index (χ1v) is 6.53. The van der Waals surface area contributed by atoms with Crippen LogP contribution in [0.4, 0.5) is 0 Å². The van der Waals surface area contributed by atoms with Crippen LogP contribution in [0.25, 0.3) is 17.2 Å². The number of fused-ring (bicyclic) bond motifs is 1. The predicted octanol–water partition coefficient (Wildman–Crippen LogP) is 2.30. The first-order valence-electron chi connectivity index (χ1n) is 6.53. The number of nitrogens with zero attached hydrogens (tertiary/aromatic N) is 4. The van der Waals surface area contributed by atoms with Crippen molar-refractivity contribution in [2.75, 3.05) is 0 Å². The molecule has 0 amide bonds. The molecule has 1 aliphatic heterocycles. The largest absolute Gasteiger partial charge is 0.372 e. The molecule has 0 unspecified atom stereocenters. The fourth-order valence-electron chi connectivity index (χ4n) is 2.58. The molecule has 2 aromatic heterocycles. The van der Waals surface area contributed by atoms with E-state index in [1.807, 2.05) is 30.2 Å². The average Bonchev–Trinajstić information content (AvgIpc) is 3.16. The van der Waals surface area contributed by atoms with Crippen molar-refractivity contribution in [1.29, 1.82) is 0 Å². The van der Waals surface area contributed by atoms with E-state index in [2.05, 4.69) is 32.7 Å². The van der Waals surface area contributed by atoms with E-state index in [0.717, 1.165) is 17.2 Å². The highest BCUT2D eigenvalue weighted by molar-refractivity contribution is 5.55. The molecule has 0 aliphatic carbocycles. The number of rotatable bonds is 2. The third-order valence-corrected chi connectivity index (χ3v) is 3.67. The Bertz CT molecular complexity index is 772. The number of aryl methyl sites for hydroxylation is 1. The second-order valence-electron chi connectivity index (χ2n) is 4.96. The molecule has 0 saturated heterocycles. The smallest absolute Gasteiger partial charge is 0.162 e. The van der Waals surface area contributed by atoms with Gasteiger partial charge in [0, 0.05) is 25.1 Å². The Morgan fingerprint density at radius 1 is 1.20 bits per heavy atom. The second kappa shape index (κ2) is 4.31. The van der Waals surface area contributed by atoms with Gasteiger partial charge in [-0.3, -0.25) is 4.57 Å². The number of imidazole rings is 2. The van der Waals surface area contributed by atoms with Crippen LogP contribution in [0, 0.1) is 0 Å². The Labute approximate surface area is 116 Å². The third-order valence-electron chi connectivity index (χ3n) is 3.67. The third kappa shape index (κ3) is 1.67. The lowest BCUT2D eigenvalue weighted by Crippen LogP contribution is -2.00. The summed E-state index contributed by atoms with van der Waals surface area (Å²) >= 11 is 0. The van der Waals surface area contributed by atoms with E-state index in [-0.39, 0.29) is 0 Å². The molecule has 1 aromatic carbocycles. The van der Waals surface area contributed by atoms with Crippen molar-refractivity contribution in [2.24, 2.45) is 7.05 Å². The molecule has 0 spiro atoms. The highest BCUT2D eigenvalue weighted by atomic mass is 16.5. The molecule has 5 nitrogen and oxygen atoms in total. The van der Waals surface area contributed by atoms with Crippen molar-refractivity contribution in [1.82, 2.24) is 19.1 Å². The molecule has 5 heteroatoms. The SMILES string of the molecule is Cn1cncc1-c1nccn1-c1ccc2c(c1)COC2. The van der Waals surface area contributed by atoms with Gasteiger partial charge in [-0.15, -0.1) is 0 Å². The fourth-order valence-corrected chi connectivity index (χ4v) is 2.58. The van der Waals surface area contributed by atoms with E-state index >= 15 is 0 Å². The van der Waals surface area contributed by atoms with Crippen molar-refractivity contribution in [3.8, 4) is 17.2 Å². The summed E-state index contributed by atoms with van der Waals surface area (Å²) in [5, 5.41) is 0. The topological polar surface area (TPSA) is 44.9 Å². The summed E-state index contributed by atoms with van der Waals surface area (Å²) in [7, 11) is 1.97. The number of benzene rings is 1. The molecule has 0 fully saturated rings. The van der Waals surface area contributed by atoms with Gasteiger partial charge in [0.2, 0.25) is 0 Å². The summed E-state index contributed by atoms with van der Waals surface area (Å²) in [6.07, 6.45) is 7.39. The van der Waals surface area contributed by atoms with Gasteiger partial charge in [-0.2, -0.15) is 0 Å². The van der Waals surface area contributed by atoms with Gasteiger partial charge in [0.05, 0.1) is 25.7 Å². The lowest BCUT2D eigenvalue weighted by molar-refractivity contribution is 0.134. The van der Waals surface area contributed by atoms with Crippen LogP contribution in [0.15, 0.2) is 43.1 Å². The van der Waals surface area contributed by atoms with Crippen molar-refractivity contribution in [3.63, 3.8) is 0 Å². The molecule has 0 N–H and O–H groups in total. The fraction of sp³-hybridized carbons (Fsp3) is 0.200. The summed E-state index contributed by atoms with van der Waals surface area (Å²) in [6, 6.07) is 6.41. The summed E-state index contributed by atoms with van der Waals surface area (Å²) < 4.78 is 9.52. The van der Waals surface area contributed by atoms with E-state index < -0.39 is 0 Å². The summed E-state index contributed by atoms with van der Waals surface area (Å²) in [4.78, 5) is 8.62. The van der Waals surface area contributed by atoms with E-state index in [1.165, 1.54) is 11.1 Å². The van der Waals surface area contributed by atoms with E-state index in [0.29, 0.717) is 13.2 Å². The van der Waals surface area contributed by atoms with E-state index in [4.69, 9.17) is 4.74 Å². The molecule has 100 valence electrons. The van der Waals surface area contributed by atoms with Crippen LogP contribution in [-0.4, -0.2) is 19.1 Å². The van der Waals surface area contributed by atoms with Gasteiger partial charge in [0.25, 0.3) is 0 Å². The van der Waals surface area contributed by atoms with Crippen LogP contribution in [0.1, 0.15) is 11.1 Å². The van der Waals surface area contributed by atoms with Gasteiger partial charge in [-0.05, 0) is 23.3 Å². The number of hydrogen-bond acceptors (Lipinski definition) is 3. The molecule has 3 heterocycles. The normalized spacial score (nSPS) is 13.7. The number of hydrogen-bond donors (Lipinski definition) is 0. The first kappa shape index (κ1) is 11.4. The number of aromatic nitrogens is 4. The van der Waals surface area contributed by atoms with Crippen LogP contribution in [-0.2, 0) is 25.0 Å². The zero-order valence-corrected chi connectivity index (χ0v) is 11.2. The van der Waals surface area contributed by atoms with Crippen LogP contribution in [0.2, 0.25) is 0 Å². The van der Waals surface area contributed by atoms with Gasteiger partial charge in [-0.25, -0.2) is 9.97 Å². The highest BCUT2D eigenvalue weighted by Crippen LogP contribution is 2.25. The predicted molar refractivity (Wildman–Crippen MR) is 74.3 cm³/mol. The maximum absolute atomic E-state index is 5.47. The maximum Gasteiger partial charge on any atom is 0.162 e. The molecular weight excluding hydrogens is 252 g/mol. The Morgan fingerprint density at radius 3 is 2.95 bits per heavy atom. The molecule has 0 bridgehead atoms. The molecule has 0 radical (unpaired) electrons. The van der Waals surface area contributed by atoms with Crippen LogP contribution < -0.4 is 0 Å². The maximum atomic E-state index is 5.47. The Kier molecular flexibility index (Phi) is 2.47. The summed E-state index contributed by atoms with van der Waals surface area (Å²) in [5.41, 5.74) is 4.62. The molecule has 20 heavy (non-hydrogen) atoms. The van der Waals surface area contributed by atoms with Gasteiger partial charge >= 0.3 is 0 Å². The minimum Gasteiger partial charge on any atom is -0.372 e. The minimum atomic E-state index is 0.693. The monoisotopic (exact) mass is 266 g/mol. The van der Waals surface area contributed by atoms with Gasteiger partial charge in [-0.1, -0.05) is 6.07 Å². The average molecular weight is 266 g/mol. The van der Waals surface area contributed by atoms with Crippen molar-refractivity contribution < 1.29 is 4.74 Å². The van der Waals surface area contributed by atoms with Crippen molar-refractivity contribution in [3.05, 3.63) is 54.2 Å². The van der Waals surface area contributed by atoms with Crippen molar-refractivity contribution in [2.45, 2.75) is 13.2 Å². The molecular formula is C15H14N4O. The van der Waals surface area contributed by atoms with Gasteiger partial charge in [0.1, 0.15) is 5.69 Å². The first-order chi connectivity index (χ1) is 9.83. The molecule has 3 aromatic rings. The van der Waals surface area contributed by atoms with Gasteiger partial charge in [0.15, 0.2) is 5.82 Å². The highest BCUT2D eigenvalue weighted by Gasteiger charge is 2.15. The Morgan fingerprint density at radius 2 is 2.10 bits per heavy atom. The second-order valence-corrected chi connectivity index (χ2v) is 4.96. The molecule has 1 aliphatic rings. The minimum absolute atomic E-state index is 0.693. The quantitative estimate of drug-likeness (QED) is 0.715. The number of ether oxygens (including phenoxy) is 1. The molecule has 0 atom stereocenters. The standard InChI is InChI=1S/C15H14N4O/c1-18-10-16-7-14(18)15-17-4-5-19(15)13-3-2-11-8-20-9-12(11)6-13/h2-7,10H,8-9H2,1H3. The summed E-state index contributed by atoms with van der Waals surface area (Å²) in [5.74, 6) is 0.892. The van der Waals surface area contributed by atoms with E-state index in [9.17, 15) is 0 Å². The lowest BCUT2D eigenvalue weighted by Gasteiger charge is -2.09. The summed E-state index contributed by atoms with van der Waals surface area (Å²) in [6.45, 7) is 1.41. The van der Waals surface area contributed by atoms with Gasteiger partial charge < -0.3 is 9.30 Å². The Balaban J connectivity index is 1.84. The zero-order valence-electron chi connectivity index (χ0n) is 11.2. The molecule has 0 saturated carbocycles. The zero-order chi connectivity index (χ0) is 13.5. The van der Waals surface area contributed by atoms with Crippen molar-refractivity contribution >= 4 is 0 Å². The molecule has 4 rings (SSSR count). The Hall–Kier alpha value is -2.40. The lowest BCUT2D eigenvalue weighted by atomic mass is 10.1. The van der Waals surface area contributed by atoms with Crippen LogP contribution in [0.3, 0.4) is 0 Å². The van der Waals surface area contributed by atoms with Crippen LogP contribution >= 0.6 is 0 Å². The van der Waals surface area contributed by atoms with Crippen LogP contribution in [0.5, 0.6) is 0 Å². The van der Waals surface area contributed by atoms with E-state index in [1.54, 1.807) is 6.33 Å².